The van der Waals surface area contributed by atoms with Crippen LogP contribution in [0.1, 0.15) is 42.5 Å². The first-order chi connectivity index (χ1) is 6.62. The van der Waals surface area contributed by atoms with Crippen LogP contribution in [0.5, 0.6) is 0 Å². The van der Waals surface area contributed by atoms with Crippen LogP contribution in [0.2, 0.25) is 0 Å². The van der Waals surface area contributed by atoms with Gasteiger partial charge in [-0.3, -0.25) is 0 Å². The third-order valence-corrected chi connectivity index (χ3v) is 3.69. The van der Waals surface area contributed by atoms with Crippen LogP contribution in [0.3, 0.4) is 0 Å². The van der Waals surface area contributed by atoms with Gasteiger partial charge in [-0.05, 0) is 19.8 Å². The van der Waals surface area contributed by atoms with Crippen LogP contribution in [-0.4, -0.2) is 20.8 Å². The number of aliphatic hydroxyl groups excluding tert-OH is 1. The summed E-state index contributed by atoms with van der Waals surface area (Å²) >= 11 is 1.51. The molecule has 1 aromatic rings. The summed E-state index contributed by atoms with van der Waals surface area (Å²) in [5.41, 5.74) is -0.308. The molecule has 0 aliphatic heterocycles. The Morgan fingerprint density at radius 3 is 2.64 bits per heavy atom. The van der Waals surface area contributed by atoms with E-state index in [0.29, 0.717) is 18.5 Å². The topological polar surface area (TPSA) is 53.4 Å². The molecule has 1 aliphatic rings. The van der Waals surface area contributed by atoms with E-state index in [-0.39, 0.29) is 0 Å². The van der Waals surface area contributed by atoms with Gasteiger partial charge >= 0.3 is 0 Å². The summed E-state index contributed by atoms with van der Waals surface area (Å²) in [6.45, 7) is 1.90. The second-order valence-corrected chi connectivity index (χ2v) is 5.07. The van der Waals surface area contributed by atoms with Crippen molar-refractivity contribution in [1.82, 2.24) is 4.98 Å². The highest BCUT2D eigenvalue weighted by atomic mass is 32.1. The second-order valence-electron chi connectivity index (χ2n) is 4.00. The van der Waals surface area contributed by atoms with E-state index in [1.54, 1.807) is 0 Å². The van der Waals surface area contributed by atoms with E-state index in [1.807, 2.05) is 12.3 Å². The third-order valence-electron chi connectivity index (χ3n) is 2.90. The molecule has 1 atom stereocenters. The van der Waals surface area contributed by atoms with E-state index in [2.05, 4.69) is 4.98 Å². The SMILES string of the molecule is Cc1nc(C(O)C2(O)CCCC2)cs1. The first-order valence-electron chi connectivity index (χ1n) is 4.94. The fourth-order valence-electron chi connectivity index (χ4n) is 2.04. The molecule has 78 valence electrons. The molecule has 1 fully saturated rings. The van der Waals surface area contributed by atoms with Gasteiger partial charge in [0.2, 0.25) is 0 Å². The molecule has 1 aromatic heterocycles. The van der Waals surface area contributed by atoms with Crippen LogP contribution < -0.4 is 0 Å². The number of thiazole rings is 1. The monoisotopic (exact) mass is 213 g/mol. The predicted molar refractivity (Wildman–Crippen MR) is 55.2 cm³/mol. The zero-order valence-corrected chi connectivity index (χ0v) is 9.05. The molecular weight excluding hydrogens is 198 g/mol. The molecular formula is C10H15NO2S. The van der Waals surface area contributed by atoms with Crippen LogP contribution in [-0.2, 0) is 0 Å². The summed E-state index contributed by atoms with van der Waals surface area (Å²) in [5.74, 6) is 0. The number of hydrogen-bond acceptors (Lipinski definition) is 4. The number of nitrogens with zero attached hydrogens (tertiary/aromatic N) is 1. The summed E-state index contributed by atoms with van der Waals surface area (Å²) in [5, 5.41) is 22.9. The van der Waals surface area contributed by atoms with E-state index >= 15 is 0 Å². The maximum atomic E-state index is 10.1. The first-order valence-corrected chi connectivity index (χ1v) is 5.82. The van der Waals surface area contributed by atoms with Crippen LogP contribution in [0.15, 0.2) is 5.38 Å². The maximum Gasteiger partial charge on any atom is 0.125 e. The van der Waals surface area contributed by atoms with Gasteiger partial charge in [0.15, 0.2) is 0 Å². The van der Waals surface area contributed by atoms with Crippen molar-refractivity contribution in [2.24, 2.45) is 0 Å². The number of aryl methyl sites for hydroxylation is 1. The van der Waals surface area contributed by atoms with Gasteiger partial charge < -0.3 is 10.2 Å². The Morgan fingerprint density at radius 2 is 2.14 bits per heavy atom. The molecule has 0 bridgehead atoms. The number of hydrogen-bond donors (Lipinski definition) is 2. The molecule has 0 amide bonds. The minimum Gasteiger partial charge on any atom is -0.387 e. The predicted octanol–water partition coefficient (Wildman–Crippen LogP) is 1.79. The van der Waals surface area contributed by atoms with Gasteiger partial charge in [0.05, 0.1) is 16.3 Å². The van der Waals surface area contributed by atoms with Gasteiger partial charge in [0, 0.05) is 5.38 Å². The smallest absolute Gasteiger partial charge is 0.125 e. The van der Waals surface area contributed by atoms with E-state index < -0.39 is 11.7 Å². The number of aromatic nitrogens is 1. The summed E-state index contributed by atoms with van der Waals surface area (Å²) < 4.78 is 0. The molecule has 1 unspecified atom stereocenters. The van der Waals surface area contributed by atoms with Crippen LogP contribution in [0.4, 0.5) is 0 Å². The highest BCUT2D eigenvalue weighted by Gasteiger charge is 2.40. The van der Waals surface area contributed by atoms with Crippen molar-refractivity contribution >= 4 is 11.3 Å². The summed E-state index contributed by atoms with van der Waals surface area (Å²) in [6.07, 6.45) is 2.55. The van der Waals surface area contributed by atoms with Crippen LogP contribution in [0, 0.1) is 6.92 Å². The fourth-order valence-corrected chi connectivity index (χ4v) is 2.67. The summed E-state index contributed by atoms with van der Waals surface area (Å²) in [6, 6.07) is 0. The standard InChI is InChI=1S/C10H15NO2S/c1-7-11-8(6-14-7)9(12)10(13)4-2-3-5-10/h6,9,12-13H,2-5H2,1H3. The third kappa shape index (κ3) is 1.69. The first kappa shape index (κ1) is 10.1. The molecule has 0 saturated heterocycles. The lowest BCUT2D eigenvalue weighted by molar-refractivity contribution is -0.0735. The van der Waals surface area contributed by atoms with Crippen molar-refractivity contribution in [3.05, 3.63) is 16.1 Å². The maximum absolute atomic E-state index is 10.1. The van der Waals surface area contributed by atoms with Crippen molar-refractivity contribution in [3.63, 3.8) is 0 Å². The Kier molecular flexibility index (Phi) is 2.60. The van der Waals surface area contributed by atoms with Gasteiger partial charge in [0.25, 0.3) is 0 Å². The van der Waals surface area contributed by atoms with Gasteiger partial charge in [-0.25, -0.2) is 4.98 Å². The average Bonchev–Trinajstić information content (AvgIpc) is 2.74. The molecule has 1 aliphatic carbocycles. The van der Waals surface area contributed by atoms with Crippen molar-refractivity contribution in [2.45, 2.75) is 44.3 Å². The minimum absolute atomic E-state index is 0.622. The molecule has 4 heteroatoms. The fraction of sp³-hybridized carbons (Fsp3) is 0.700. The molecule has 3 nitrogen and oxygen atoms in total. The lowest BCUT2D eigenvalue weighted by Gasteiger charge is -2.27. The molecule has 2 N–H and O–H groups in total. The Bertz CT molecular complexity index is 318. The van der Waals surface area contributed by atoms with Crippen LogP contribution in [0.25, 0.3) is 0 Å². The quantitative estimate of drug-likeness (QED) is 0.787. The minimum atomic E-state index is -0.930. The Hall–Kier alpha value is -0.450. The zero-order chi connectivity index (χ0) is 10.2. The highest BCUT2D eigenvalue weighted by molar-refractivity contribution is 7.09. The molecule has 2 rings (SSSR count). The van der Waals surface area contributed by atoms with Gasteiger partial charge in [-0.1, -0.05) is 12.8 Å². The zero-order valence-electron chi connectivity index (χ0n) is 8.23. The van der Waals surface area contributed by atoms with Crippen molar-refractivity contribution in [2.75, 3.05) is 0 Å². The van der Waals surface area contributed by atoms with Crippen LogP contribution >= 0.6 is 11.3 Å². The van der Waals surface area contributed by atoms with Crippen molar-refractivity contribution in [3.8, 4) is 0 Å². The molecule has 0 aromatic carbocycles. The molecule has 0 spiro atoms. The number of rotatable bonds is 2. The Balaban J connectivity index is 2.18. The van der Waals surface area contributed by atoms with E-state index in [1.165, 1.54) is 11.3 Å². The number of aliphatic hydroxyl groups is 2. The van der Waals surface area contributed by atoms with Crippen molar-refractivity contribution < 1.29 is 10.2 Å². The molecule has 1 heterocycles. The Morgan fingerprint density at radius 1 is 1.50 bits per heavy atom. The molecule has 1 saturated carbocycles. The summed E-state index contributed by atoms with van der Waals surface area (Å²) in [4.78, 5) is 4.21. The van der Waals surface area contributed by atoms with Crippen molar-refractivity contribution in [1.29, 1.82) is 0 Å². The normalized spacial score (nSPS) is 22.5. The van der Waals surface area contributed by atoms with E-state index in [9.17, 15) is 10.2 Å². The average molecular weight is 213 g/mol. The summed E-state index contributed by atoms with van der Waals surface area (Å²) in [7, 11) is 0. The second kappa shape index (κ2) is 3.61. The molecule has 0 radical (unpaired) electrons. The Labute approximate surface area is 87.4 Å². The van der Waals surface area contributed by atoms with Gasteiger partial charge in [0.1, 0.15) is 6.10 Å². The van der Waals surface area contributed by atoms with E-state index in [4.69, 9.17) is 0 Å². The van der Waals surface area contributed by atoms with Gasteiger partial charge in [-0.2, -0.15) is 0 Å². The highest BCUT2D eigenvalue weighted by Crippen LogP contribution is 2.39. The van der Waals surface area contributed by atoms with Gasteiger partial charge in [-0.15, -0.1) is 11.3 Å². The largest absolute Gasteiger partial charge is 0.387 e. The molecule has 14 heavy (non-hydrogen) atoms. The van der Waals surface area contributed by atoms with E-state index in [0.717, 1.165) is 17.8 Å². The lowest BCUT2D eigenvalue weighted by Crippen LogP contribution is -2.33. The lowest BCUT2D eigenvalue weighted by atomic mass is 9.93.